The molecule has 8 nitrogen and oxygen atoms in total. The van der Waals surface area contributed by atoms with E-state index in [-0.39, 0.29) is 43.4 Å². The van der Waals surface area contributed by atoms with Gasteiger partial charge in [-0.25, -0.2) is 0 Å². The minimum absolute atomic E-state index is 0.104. The molecule has 3 heterocycles. The van der Waals surface area contributed by atoms with Crippen molar-refractivity contribution in [2.24, 2.45) is 23.7 Å². The zero-order valence-corrected chi connectivity index (χ0v) is 25.4. The third-order valence-electron chi connectivity index (χ3n) is 9.58. The molecule has 7 atom stereocenters. The van der Waals surface area contributed by atoms with Crippen LogP contribution in [0.1, 0.15) is 58.1 Å². The highest BCUT2D eigenvalue weighted by Gasteiger charge is 2.81. The number of allylic oxidation sites excluding steroid dienone is 1. The molecule has 3 saturated heterocycles. The van der Waals surface area contributed by atoms with E-state index in [1.165, 1.54) is 4.90 Å². The Bertz CT molecular complexity index is 1210. The highest BCUT2D eigenvalue weighted by Crippen LogP contribution is 2.66. The number of carbonyl (C=O) groups is 3. The van der Waals surface area contributed by atoms with Gasteiger partial charge in [-0.2, -0.15) is 0 Å². The van der Waals surface area contributed by atoms with Crippen LogP contribution >= 0.6 is 0 Å². The lowest BCUT2D eigenvalue weighted by Gasteiger charge is -2.41. The molecule has 0 aliphatic carbocycles. The topological polar surface area (TPSA) is 96.4 Å². The summed E-state index contributed by atoms with van der Waals surface area (Å²) in [4.78, 5) is 46.2. The van der Waals surface area contributed by atoms with E-state index in [1.54, 1.807) is 17.1 Å². The van der Waals surface area contributed by atoms with Crippen molar-refractivity contribution in [2.45, 2.75) is 84.1 Å². The summed E-state index contributed by atoms with van der Waals surface area (Å²) in [6.45, 7) is 19.4. The summed E-state index contributed by atoms with van der Waals surface area (Å²) in [5, 5.41) is 10.5. The molecular weight excluding hydrogens is 520 g/mol. The summed E-state index contributed by atoms with van der Waals surface area (Å²) in [5.74, 6) is -3.10. The summed E-state index contributed by atoms with van der Waals surface area (Å²) in [7, 11) is 0. The van der Waals surface area contributed by atoms with Crippen LogP contribution in [0.15, 0.2) is 43.5 Å². The van der Waals surface area contributed by atoms with Crippen LogP contribution in [0.2, 0.25) is 0 Å². The fourth-order valence-corrected chi connectivity index (χ4v) is 7.38. The molecule has 1 spiro atoms. The monoisotopic (exact) mass is 566 g/mol. The van der Waals surface area contributed by atoms with E-state index in [2.05, 4.69) is 13.2 Å². The van der Waals surface area contributed by atoms with Crippen molar-refractivity contribution in [1.82, 2.24) is 4.90 Å². The molecule has 41 heavy (non-hydrogen) atoms. The average Bonchev–Trinajstić information content (AvgIpc) is 3.43. The maximum atomic E-state index is 14.9. The van der Waals surface area contributed by atoms with Gasteiger partial charge in [0.25, 0.3) is 5.91 Å². The van der Waals surface area contributed by atoms with Gasteiger partial charge in [-0.1, -0.05) is 45.1 Å². The molecule has 3 aliphatic rings. The van der Waals surface area contributed by atoms with Crippen molar-refractivity contribution in [2.75, 3.05) is 24.7 Å². The van der Waals surface area contributed by atoms with Crippen LogP contribution in [0.5, 0.6) is 0 Å². The Morgan fingerprint density at radius 3 is 2.59 bits per heavy atom. The summed E-state index contributed by atoms with van der Waals surface area (Å²) in [5.41, 5.74) is 0.451. The first-order valence-electron chi connectivity index (χ1n) is 14.8. The fraction of sp³-hybridized carbons (Fsp3) is 0.606. The highest BCUT2D eigenvalue weighted by molar-refractivity contribution is 6.05. The van der Waals surface area contributed by atoms with Crippen molar-refractivity contribution in [3.05, 3.63) is 54.6 Å². The quantitative estimate of drug-likeness (QED) is 0.230. The van der Waals surface area contributed by atoms with Gasteiger partial charge in [-0.3, -0.25) is 14.4 Å². The smallest absolute Gasteiger partial charge is 0.312 e. The third-order valence-corrected chi connectivity index (χ3v) is 9.58. The van der Waals surface area contributed by atoms with Crippen molar-refractivity contribution in [3.8, 4) is 0 Å². The lowest BCUT2D eigenvalue weighted by atomic mass is 9.62. The number of unbranched alkanes of at least 4 members (excludes halogenated alkanes) is 1. The first kappa shape index (κ1) is 31.0. The Balaban J connectivity index is 1.85. The van der Waals surface area contributed by atoms with Gasteiger partial charge in [0.05, 0.1) is 30.8 Å². The van der Waals surface area contributed by atoms with E-state index >= 15 is 0 Å². The number of aliphatic hydroxyl groups is 1. The van der Waals surface area contributed by atoms with E-state index in [1.807, 2.05) is 59.7 Å². The van der Waals surface area contributed by atoms with Crippen molar-refractivity contribution in [1.29, 1.82) is 0 Å². The number of benzene rings is 1. The minimum atomic E-state index is -1.23. The molecule has 8 heteroatoms. The van der Waals surface area contributed by atoms with Gasteiger partial charge in [0.2, 0.25) is 5.91 Å². The molecule has 0 saturated carbocycles. The molecule has 2 bridgehead atoms. The van der Waals surface area contributed by atoms with Crippen molar-refractivity contribution < 1.29 is 29.0 Å². The fourth-order valence-electron chi connectivity index (χ4n) is 7.38. The number of likely N-dealkylation sites (tertiary alicyclic amines) is 1. The SMILES string of the molecule is C=CCCCOC(=O)[C@@H]1[C@H]2C(=O)N([C@@H](CO)C(C)C)C(C(=O)N(CC=C)c3cc(C)ccc3C)C23CC(C)[C@@]1(C)O3. The van der Waals surface area contributed by atoms with Gasteiger partial charge in [0.15, 0.2) is 0 Å². The summed E-state index contributed by atoms with van der Waals surface area (Å²) >= 11 is 0. The summed E-state index contributed by atoms with van der Waals surface area (Å²) in [6, 6.07) is 4.26. The number of fused-ring (bicyclic) bond motifs is 1. The average molecular weight is 567 g/mol. The predicted octanol–water partition coefficient (Wildman–Crippen LogP) is 4.36. The number of carbonyl (C=O) groups excluding carboxylic acids is 3. The summed E-state index contributed by atoms with van der Waals surface area (Å²) in [6.07, 6.45) is 5.23. The second-order valence-electron chi connectivity index (χ2n) is 12.6. The molecular formula is C33H46N2O6. The van der Waals surface area contributed by atoms with Crippen LogP contribution < -0.4 is 4.90 Å². The molecule has 224 valence electrons. The first-order chi connectivity index (χ1) is 19.4. The number of amides is 2. The van der Waals surface area contributed by atoms with Crippen LogP contribution in [0.3, 0.4) is 0 Å². The van der Waals surface area contributed by atoms with Gasteiger partial charge < -0.3 is 24.4 Å². The van der Waals surface area contributed by atoms with Crippen LogP contribution in [-0.4, -0.2) is 70.8 Å². The lowest BCUT2D eigenvalue weighted by molar-refractivity contribution is -0.162. The standard InChI is InChI=1S/C33H46N2O6/c1-9-11-12-16-40-31(39)27-26-29(37)35(25(19-36)20(3)4)28(33(26)18-23(7)32(27,8)41-33)30(38)34(15-10-2)24-17-21(5)13-14-22(24)6/h9-10,13-14,17,20,23,25-28,36H,1-2,11-12,15-16,18-19H2,3-8H3/t23?,25-,26-,27-,28?,32+,33?/m0/s1. The number of nitrogens with zero attached hydrogens (tertiary/aromatic N) is 2. The maximum Gasteiger partial charge on any atom is 0.312 e. The van der Waals surface area contributed by atoms with E-state index in [4.69, 9.17) is 9.47 Å². The second kappa shape index (κ2) is 11.7. The van der Waals surface area contributed by atoms with Crippen LogP contribution in [0, 0.1) is 37.5 Å². The number of rotatable bonds is 12. The Labute approximate surface area is 244 Å². The Kier molecular flexibility index (Phi) is 8.86. The maximum absolute atomic E-state index is 14.9. The van der Waals surface area contributed by atoms with Crippen LogP contribution in [0.25, 0.3) is 0 Å². The van der Waals surface area contributed by atoms with E-state index < -0.39 is 41.1 Å². The lowest BCUT2D eigenvalue weighted by Crippen LogP contribution is -2.60. The molecule has 1 aromatic carbocycles. The largest absolute Gasteiger partial charge is 0.465 e. The second-order valence-corrected chi connectivity index (χ2v) is 12.6. The van der Waals surface area contributed by atoms with Crippen molar-refractivity contribution in [3.63, 3.8) is 0 Å². The number of hydrogen-bond donors (Lipinski definition) is 1. The zero-order chi connectivity index (χ0) is 30.3. The number of anilines is 1. The van der Waals surface area contributed by atoms with Gasteiger partial charge in [-0.05, 0) is 69.1 Å². The third kappa shape index (κ3) is 4.93. The van der Waals surface area contributed by atoms with Crippen LogP contribution in [-0.2, 0) is 23.9 Å². The highest BCUT2D eigenvalue weighted by atomic mass is 16.6. The Morgan fingerprint density at radius 1 is 1.27 bits per heavy atom. The first-order valence-corrected chi connectivity index (χ1v) is 14.8. The number of aryl methyl sites for hydroxylation is 2. The van der Waals surface area contributed by atoms with E-state index in [0.717, 1.165) is 16.8 Å². The number of hydrogen-bond acceptors (Lipinski definition) is 6. The molecule has 1 N–H and O–H groups in total. The van der Waals surface area contributed by atoms with Crippen molar-refractivity contribution >= 4 is 23.5 Å². The minimum Gasteiger partial charge on any atom is -0.465 e. The molecule has 3 unspecified atom stereocenters. The Hall–Kier alpha value is -2.97. The van der Waals surface area contributed by atoms with E-state index in [0.29, 0.717) is 19.3 Å². The zero-order valence-electron chi connectivity index (χ0n) is 25.4. The van der Waals surface area contributed by atoms with Gasteiger partial charge in [0.1, 0.15) is 17.6 Å². The molecule has 3 fully saturated rings. The summed E-state index contributed by atoms with van der Waals surface area (Å²) < 4.78 is 12.5. The normalized spacial score (nSPS) is 30.8. The Morgan fingerprint density at radius 2 is 1.98 bits per heavy atom. The van der Waals surface area contributed by atoms with E-state index in [9.17, 15) is 19.5 Å². The predicted molar refractivity (Wildman–Crippen MR) is 158 cm³/mol. The molecule has 4 rings (SSSR count). The number of aliphatic hydroxyl groups excluding tert-OH is 1. The van der Waals surface area contributed by atoms with Crippen LogP contribution in [0.4, 0.5) is 5.69 Å². The van der Waals surface area contributed by atoms with Gasteiger partial charge in [0, 0.05) is 12.2 Å². The molecule has 0 radical (unpaired) electrons. The van der Waals surface area contributed by atoms with Gasteiger partial charge in [-0.15, -0.1) is 13.2 Å². The molecule has 0 aromatic heterocycles. The molecule has 1 aromatic rings. The molecule has 2 amide bonds. The number of ether oxygens (including phenoxy) is 2. The molecule has 3 aliphatic heterocycles. The van der Waals surface area contributed by atoms with Gasteiger partial charge >= 0.3 is 5.97 Å². The number of esters is 1.